The van der Waals surface area contributed by atoms with E-state index in [1.807, 2.05) is 0 Å². The highest BCUT2D eigenvalue weighted by molar-refractivity contribution is 7.93. The minimum absolute atomic E-state index is 0.0268. The second-order valence-corrected chi connectivity index (χ2v) is 6.30. The summed E-state index contributed by atoms with van der Waals surface area (Å²) in [6.07, 6.45) is 0. The summed E-state index contributed by atoms with van der Waals surface area (Å²) in [5, 5.41) is 9.30. The van der Waals surface area contributed by atoms with Gasteiger partial charge in [0.15, 0.2) is 0 Å². The van der Waals surface area contributed by atoms with Crippen LogP contribution in [0.1, 0.15) is 0 Å². The van der Waals surface area contributed by atoms with Gasteiger partial charge in [0, 0.05) is 0 Å². The largest absolute Gasteiger partial charge is 0.394 e. The zero-order valence-electron chi connectivity index (χ0n) is 10.6. The lowest BCUT2D eigenvalue weighted by Crippen LogP contribution is -2.33. The molecule has 0 amide bonds. The molecule has 0 radical (unpaired) electrons. The average Bonchev–Trinajstić information content (AvgIpc) is 2.45. The van der Waals surface area contributed by atoms with Crippen molar-refractivity contribution in [1.82, 2.24) is 0 Å². The van der Waals surface area contributed by atoms with Crippen molar-refractivity contribution in [3.05, 3.63) is 59.6 Å². The molecule has 0 heterocycles. The number of hydrogen-bond acceptors (Lipinski definition) is 3. The molecule has 0 aliphatic rings. The highest BCUT2D eigenvalue weighted by Crippen LogP contribution is 2.27. The summed E-state index contributed by atoms with van der Waals surface area (Å²) in [7, 11) is -3.81. The molecule has 0 saturated carbocycles. The Balaban J connectivity index is 2.52. The quantitative estimate of drug-likeness (QED) is 0.923. The summed E-state index contributed by atoms with van der Waals surface area (Å²) in [6.45, 7) is -0.309. The van der Waals surface area contributed by atoms with Gasteiger partial charge in [0.2, 0.25) is 0 Å². The first-order chi connectivity index (χ1) is 9.57. The van der Waals surface area contributed by atoms with Crippen LogP contribution in [-0.4, -0.2) is 26.7 Å². The SMILES string of the molecule is O=S(=O)(c1ccccc1Cl)N(CCO)c1ccccc1. The first kappa shape index (κ1) is 14.8. The molecule has 1 N–H and O–H groups in total. The lowest BCUT2D eigenvalue weighted by molar-refractivity contribution is 0.306. The molecule has 0 fully saturated rings. The summed E-state index contributed by atoms with van der Waals surface area (Å²) in [6, 6.07) is 14.9. The lowest BCUT2D eigenvalue weighted by atomic mass is 10.3. The van der Waals surface area contributed by atoms with Crippen LogP contribution in [0.2, 0.25) is 5.02 Å². The number of hydrogen-bond donors (Lipinski definition) is 1. The van der Waals surface area contributed by atoms with Crippen molar-refractivity contribution in [2.45, 2.75) is 4.90 Å². The second kappa shape index (κ2) is 6.26. The second-order valence-electron chi connectivity index (χ2n) is 4.07. The summed E-state index contributed by atoms with van der Waals surface area (Å²) < 4.78 is 26.5. The van der Waals surface area contributed by atoms with Crippen LogP contribution in [0.15, 0.2) is 59.5 Å². The number of halogens is 1. The Kier molecular flexibility index (Phi) is 4.65. The van der Waals surface area contributed by atoms with E-state index < -0.39 is 10.0 Å². The number of benzene rings is 2. The fourth-order valence-electron chi connectivity index (χ4n) is 1.85. The van der Waals surface area contributed by atoms with E-state index in [0.29, 0.717) is 5.69 Å². The van der Waals surface area contributed by atoms with E-state index in [1.165, 1.54) is 12.1 Å². The molecule has 6 heteroatoms. The van der Waals surface area contributed by atoms with Gasteiger partial charge in [0.1, 0.15) is 4.90 Å². The van der Waals surface area contributed by atoms with E-state index >= 15 is 0 Å². The van der Waals surface area contributed by atoms with E-state index in [0.717, 1.165) is 4.31 Å². The van der Waals surface area contributed by atoms with Gasteiger partial charge in [-0.2, -0.15) is 0 Å². The van der Waals surface area contributed by atoms with Crippen molar-refractivity contribution >= 4 is 27.3 Å². The van der Waals surface area contributed by atoms with Gasteiger partial charge in [-0.3, -0.25) is 4.31 Å². The molecule has 2 aromatic rings. The van der Waals surface area contributed by atoms with Crippen molar-refractivity contribution in [2.24, 2.45) is 0 Å². The molecule has 0 aliphatic carbocycles. The fourth-order valence-corrected chi connectivity index (χ4v) is 3.80. The Morgan fingerprint density at radius 2 is 1.60 bits per heavy atom. The van der Waals surface area contributed by atoms with Crippen LogP contribution >= 0.6 is 11.6 Å². The third-order valence-electron chi connectivity index (χ3n) is 2.75. The Morgan fingerprint density at radius 1 is 1.00 bits per heavy atom. The van der Waals surface area contributed by atoms with Crippen molar-refractivity contribution in [3.8, 4) is 0 Å². The van der Waals surface area contributed by atoms with Crippen molar-refractivity contribution in [1.29, 1.82) is 0 Å². The predicted octanol–water partition coefficient (Wildman–Crippen LogP) is 2.53. The van der Waals surface area contributed by atoms with Crippen LogP contribution in [0.25, 0.3) is 0 Å². The summed E-state index contributed by atoms with van der Waals surface area (Å²) in [4.78, 5) is 0.0268. The molecular formula is C14H14ClNO3S. The molecule has 0 atom stereocenters. The predicted molar refractivity (Wildman–Crippen MR) is 79.5 cm³/mol. The van der Waals surface area contributed by atoms with Gasteiger partial charge in [0.05, 0.1) is 23.9 Å². The van der Waals surface area contributed by atoms with Gasteiger partial charge in [0.25, 0.3) is 10.0 Å². The molecular weight excluding hydrogens is 298 g/mol. The van der Waals surface area contributed by atoms with Gasteiger partial charge in [-0.1, -0.05) is 41.9 Å². The highest BCUT2D eigenvalue weighted by Gasteiger charge is 2.26. The molecule has 2 aromatic carbocycles. The number of rotatable bonds is 5. The molecule has 0 aromatic heterocycles. The Bertz CT molecular complexity index is 674. The lowest BCUT2D eigenvalue weighted by Gasteiger charge is -2.24. The van der Waals surface area contributed by atoms with Crippen LogP contribution in [0.4, 0.5) is 5.69 Å². The van der Waals surface area contributed by atoms with E-state index in [-0.39, 0.29) is 23.1 Å². The molecule has 20 heavy (non-hydrogen) atoms. The van der Waals surface area contributed by atoms with Gasteiger partial charge in [-0.15, -0.1) is 0 Å². The molecule has 0 spiro atoms. The molecule has 0 saturated heterocycles. The van der Waals surface area contributed by atoms with Gasteiger partial charge in [-0.25, -0.2) is 8.42 Å². The zero-order valence-corrected chi connectivity index (χ0v) is 12.2. The van der Waals surface area contributed by atoms with E-state index in [2.05, 4.69) is 0 Å². The number of anilines is 1. The summed E-state index contributed by atoms with van der Waals surface area (Å²) >= 11 is 5.97. The molecule has 0 bridgehead atoms. The van der Waals surface area contributed by atoms with E-state index in [9.17, 15) is 8.42 Å². The average molecular weight is 312 g/mol. The van der Waals surface area contributed by atoms with Gasteiger partial charge >= 0.3 is 0 Å². The maximum Gasteiger partial charge on any atom is 0.265 e. The standard InChI is InChI=1S/C14H14ClNO3S/c15-13-8-4-5-9-14(13)20(18,19)16(10-11-17)12-6-2-1-3-7-12/h1-9,17H,10-11H2. The first-order valence-electron chi connectivity index (χ1n) is 6.00. The van der Waals surface area contributed by atoms with Crippen LogP contribution in [0.5, 0.6) is 0 Å². The van der Waals surface area contributed by atoms with Crippen molar-refractivity contribution < 1.29 is 13.5 Å². The molecule has 106 valence electrons. The normalized spacial score (nSPS) is 11.3. The number of sulfonamides is 1. The number of para-hydroxylation sites is 1. The molecule has 4 nitrogen and oxygen atoms in total. The number of aliphatic hydroxyl groups is 1. The minimum atomic E-state index is -3.81. The maximum absolute atomic E-state index is 12.7. The Morgan fingerprint density at radius 3 is 2.20 bits per heavy atom. The maximum atomic E-state index is 12.7. The summed E-state index contributed by atoms with van der Waals surface area (Å²) in [5.74, 6) is 0. The van der Waals surface area contributed by atoms with Crippen LogP contribution in [0.3, 0.4) is 0 Å². The fraction of sp³-hybridized carbons (Fsp3) is 0.143. The highest BCUT2D eigenvalue weighted by atomic mass is 35.5. The van der Waals surface area contributed by atoms with Gasteiger partial charge in [-0.05, 0) is 24.3 Å². The van der Waals surface area contributed by atoms with Crippen molar-refractivity contribution in [3.63, 3.8) is 0 Å². The third-order valence-corrected chi connectivity index (χ3v) is 5.08. The van der Waals surface area contributed by atoms with Gasteiger partial charge < -0.3 is 5.11 Å². The van der Waals surface area contributed by atoms with Crippen LogP contribution in [0, 0.1) is 0 Å². The van der Waals surface area contributed by atoms with Crippen molar-refractivity contribution in [2.75, 3.05) is 17.5 Å². The zero-order chi connectivity index (χ0) is 14.6. The first-order valence-corrected chi connectivity index (χ1v) is 7.82. The monoisotopic (exact) mass is 311 g/mol. The smallest absolute Gasteiger partial charge is 0.265 e. The minimum Gasteiger partial charge on any atom is -0.394 e. The van der Waals surface area contributed by atoms with Crippen LogP contribution < -0.4 is 4.31 Å². The Hall–Kier alpha value is -1.56. The number of aliphatic hydroxyl groups excluding tert-OH is 1. The molecule has 0 unspecified atom stereocenters. The molecule has 2 rings (SSSR count). The Labute approximate surface area is 123 Å². The van der Waals surface area contributed by atoms with Crippen LogP contribution in [-0.2, 0) is 10.0 Å². The molecule has 0 aliphatic heterocycles. The van der Waals surface area contributed by atoms with E-state index in [4.69, 9.17) is 16.7 Å². The topological polar surface area (TPSA) is 57.6 Å². The third kappa shape index (κ3) is 2.95. The summed E-state index contributed by atoms with van der Waals surface area (Å²) in [5.41, 5.74) is 0.487. The van der Waals surface area contributed by atoms with E-state index in [1.54, 1.807) is 42.5 Å². The number of nitrogens with zero attached hydrogens (tertiary/aromatic N) is 1.